The van der Waals surface area contributed by atoms with E-state index in [4.69, 9.17) is 4.74 Å². The molecule has 124 valence electrons. The van der Waals surface area contributed by atoms with Crippen molar-refractivity contribution in [2.45, 2.75) is 13.2 Å². The zero-order chi connectivity index (χ0) is 16.9. The van der Waals surface area contributed by atoms with Gasteiger partial charge in [0, 0.05) is 31.4 Å². The van der Waals surface area contributed by atoms with E-state index in [1.807, 2.05) is 0 Å². The molecule has 2 heterocycles. The Bertz CT molecular complexity index is 832. The lowest BCUT2D eigenvalue weighted by Crippen LogP contribution is -2.23. The highest BCUT2D eigenvalue weighted by Gasteiger charge is 2.11. The van der Waals surface area contributed by atoms with Gasteiger partial charge in [0.25, 0.3) is 5.91 Å². The number of nitrogens with zero attached hydrogens (tertiary/aromatic N) is 3. The first kappa shape index (κ1) is 16.3. The van der Waals surface area contributed by atoms with Crippen molar-refractivity contribution >= 4 is 17.2 Å². The van der Waals surface area contributed by atoms with Crippen molar-refractivity contribution < 1.29 is 13.9 Å². The molecule has 0 unspecified atom stereocenters. The molecule has 0 fully saturated rings. The highest BCUT2D eigenvalue weighted by Crippen LogP contribution is 2.15. The number of carbonyl (C=O) groups is 1. The standard InChI is InChI=1S/C16H15FN4O2S/c1-23-8-15-20-13(9-24-15)16(22)19-7-11-2-3-14(12(17)6-11)21-5-4-18-10-21/h2-6,9-10H,7-8H2,1H3,(H,19,22). The largest absolute Gasteiger partial charge is 0.378 e. The predicted octanol–water partition coefficient (Wildman–Crippen LogP) is 2.54. The van der Waals surface area contributed by atoms with Crippen molar-refractivity contribution in [3.63, 3.8) is 0 Å². The number of amides is 1. The maximum absolute atomic E-state index is 14.2. The third-order valence-corrected chi connectivity index (χ3v) is 4.12. The van der Waals surface area contributed by atoms with Gasteiger partial charge in [-0.05, 0) is 17.7 Å². The molecule has 0 atom stereocenters. The predicted molar refractivity (Wildman–Crippen MR) is 87.5 cm³/mol. The Labute approximate surface area is 141 Å². The van der Waals surface area contributed by atoms with Gasteiger partial charge in [-0.2, -0.15) is 0 Å². The van der Waals surface area contributed by atoms with Gasteiger partial charge in [-0.25, -0.2) is 14.4 Å². The number of rotatable bonds is 6. The molecule has 3 rings (SSSR count). The number of aromatic nitrogens is 3. The van der Waals surface area contributed by atoms with Crippen LogP contribution in [0.2, 0.25) is 0 Å². The van der Waals surface area contributed by atoms with Crippen LogP contribution >= 0.6 is 11.3 Å². The Hall–Kier alpha value is -2.58. The highest BCUT2D eigenvalue weighted by atomic mass is 32.1. The second kappa shape index (κ2) is 7.33. The average molecular weight is 346 g/mol. The molecular weight excluding hydrogens is 331 g/mol. The SMILES string of the molecule is COCc1nc(C(=O)NCc2ccc(-n3ccnc3)c(F)c2)cs1. The Morgan fingerprint density at radius 2 is 2.33 bits per heavy atom. The molecule has 1 amide bonds. The van der Waals surface area contributed by atoms with Crippen LogP contribution in [0.25, 0.3) is 5.69 Å². The van der Waals surface area contributed by atoms with Crippen LogP contribution in [0.4, 0.5) is 4.39 Å². The second-order valence-corrected chi connectivity index (χ2v) is 5.94. The van der Waals surface area contributed by atoms with Crippen LogP contribution in [0.3, 0.4) is 0 Å². The van der Waals surface area contributed by atoms with E-state index in [9.17, 15) is 9.18 Å². The van der Waals surface area contributed by atoms with E-state index >= 15 is 0 Å². The van der Waals surface area contributed by atoms with E-state index in [2.05, 4.69) is 15.3 Å². The van der Waals surface area contributed by atoms with Gasteiger partial charge in [0.2, 0.25) is 0 Å². The molecule has 0 saturated heterocycles. The van der Waals surface area contributed by atoms with Gasteiger partial charge in [-0.15, -0.1) is 11.3 Å². The smallest absolute Gasteiger partial charge is 0.271 e. The lowest BCUT2D eigenvalue weighted by molar-refractivity contribution is 0.0946. The number of thiazole rings is 1. The number of carbonyl (C=O) groups excluding carboxylic acids is 1. The molecule has 1 N–H and O–H groups in total. The number of nitrogens with one attached hydrogen (secondary N) is 1. The minimum absolute atomic E-state index is 0.219. The first-order valence-electron chi connectivity index (χ1n) is 7.15. The first-order chi connectivity index (χ1) is 11.7. The number of halogens is 1. The third-order valence-electron chi connectivity index (χ3n) is 3.30. The van der Waals surface area contributed by atoms with Gasteiger partial charge >= 0.3 is 0 Å². The molecular formula is C16H15FN4O2S. The average Bonchev–Trinajstić information content (AvgIpc) is 3.25. The van der Waals surface area contributed by atoms with Crippen LogP contribution in [0.15, 0.2) is 42.3 Å². The fraction of sp³-hybridized carbons (Fsp3) is 0.188. The summed E-state index contributed by atoms with van der Waals surface area (Å²) in [6.07, 6.45) is 4.78. The number of hydrogen-bond acceptors (Lipinski definition) is 5. The van der Waals surface area contributed by atoms with Gasteiger partial charge in [0.05, 0.1) is 18.6 Å². The Morgan fingerprint density at radius 3 is 3.04 bits per heavy atom. The maximum Gasteiger partial charge on any atom is 0.271 e. The van der Waals surface area contributed by atoms with Crippen molar-refractivity contribution in [1.29, 1.82) is 0 Å². The topological polar surface area (TPSA) is 69.0 Å². The summed E-state index contributed by atoms with van der Waals surface area (Å²) in [6.45, 7) is 0.593. The van der Waals surface area contributed by atoms with Crippen LogP contribution in [-0.4, -0.2) is 27.6 Å². The number of ether oxygens (including phenoxy) is 1. The van der Waals surface area contributed by atoms with Gasteiger partial charge in [0.15, 0.2) is 0 Å². The van der Waals surface area contributed by atoms with Crippen molar-refractivity contribution in [1.82, 2.24) is 19.9 Å². The van der Waals surface area contributed by atoms with Gasteiger partial charge in [-0.3, -0.25) is 4.79 Å². The van der Waals surface area contributed by atoms with Gasteiger partial charge in [-0.1, -0.05) is 6.07 Å². The molecule has 0 saturated carbocycles. The number of hydrogen-bond donors (Lipinski definition) is 1. The van der Waals surface area contributed by atoms with E-state index < -0.39 is 0 Å². The van der Waals surface area contributed by atoms with E-state index in [1.54, 1.807) is 41.6 Å². The fourth-order valence-electron chi connectivity index (χ4n) is 2.15. The normalized spacial score (nSPS) is 10.8. The summed E-state index contributed by atoms with van der Waals surface area (Å²) in [6, 6.07) is 4.81. The van der Waals surface area contributed by atoms with Crippen molar-refractivity contribution in [2.75, 3.05) is 7.11 Å². The van der Waals surface area contributed by atoms with Crippen LogP contribution in [0, 0.1) is 5.82 Å². The zero-order valence-corrected chi connectivity index (χ0v) is 13.7. The molecule has 0 aliphatic heterocycles. The summed E-state index contributed by atoms with van der Waals surface area (Å²) in [4.78, 5) is 20.1. The molecule has 8 heteroatoms. The summed E-state index contributed by atoms with van der Waals surface area (Å²) >= 11 is 1.36. The van der Waals surface area contributed by atoms with Crippen LogP contribution in [0.1, 0.15) is 21.1 Å². The van der Waals surface area contributed by atoms with E-state index in [0.717, 1.165) is 5.01 Å². The fourth-order valence-corrected chi connectivity index (χ4v) is 2.89. The Morgan fingerprint density at radius 1 is 1.46 bits per heavy atom. The molecule has 1 aromatic carbocycles. The number of benzene rings is 1. The first-order valence-corrected chi connectivity index (χ1v) is 8.03. The number of imidazole rings is 1. The second-order valence-electron chi connectivity index (χ2n) is 5.00. The molecule has 0 aliphatic carbocycles. The minimum Gasteiger partial charge on any atom is -0.378 e. The Kier molecular flexibility index (Phi) is 4.97. The van der Waals surface area contributed by atoms with Crippen molar-refractivity contribution in [3.8, 4) is 5.69 Å². The summed E-state index contributed by atoms with van der Waals surface area (Å²) in [5, 5.41) is 5.14. The molecule has 0 spiro atoms. The van der Waals surface area contributed by atoms with Crippen molar-refractivity contribution in [3.05, 3.63) is 64.4 Å². The highest BCUT2D eigenvalue weighted by molar-refractivity contribution is 7.09. The van der Waals surface area contributed by atoms with Crippen molar-refractivity contribution in [2.24, 2.45) is 0 Å². The lowest BCUT2D eigenvalue weighted by Gasteiger charge is -2.07. The summed E-state index contributed by atoms with van der Waals surface area (Å²) in [5.41, 5.74) is 1.41. The van der Waals surface area contributed by atoms with Gasteiger partial charge in [0.1, 0.15) is 16.5 Å². The summed E-state index contributed by atoms with van der Waals surface area (Å²) in [5.74, 6) is -0.677. The van der Waals surface area contributed by atoms with E-state index in [-0.39, 0.29) is 18.3 Å². The van der Waals surface area contributed by atoms with E-state index in [0.29, 0.717) is 23.6 Å². The summed E-state index contributed by atoms with van der Waals surface area (Å²) in [7, 11) is 1.57. The molecule has 0 bridgehead atoms. The van der Waals surface area contributed by atoms with Crippen LogP contribution in [-0.2, 0) is 17.9 Å². The van der Waals surface area contributed by atoms with Gasteiger partial charge < -0.3 is 14.6 Å². The lowest BCUT2D eigenvalue weighted by atomic mass is 10.2. The molecule has 0 aliphatic rings. The molecule has 2 aromatic heterocycles. The Balaban J connectivity index is 1.63. The molecule has 0 radical (unpaired) electrons. The monoisotopic (exact) mass is 346 g/mol. The quantitative estimate of drug-likeness (QED) is 0.745. The summed E-state index contributed by atoms with van der Waals surface area (Å²) < 4.78 is 20.7. The molecule has 3 aromatic rings. The third kappa shape index (κ3) is 3.66. The number of methoxy groups -OCH3 is 1. The zero-order valence-electron chi connectivity index (χ0n) is 12.9. The molecule has 24 heavy (non-hydrogen) atoms. The molecule has 6 nitrogen and oxygen atoms in total. The van der Waals surface area contributed by atoms with Crippen LogP contribution < -0.4 is 5.32 Å². The van der Waals surface area contributed by atoms with Crippen LogP contribution in [0.5, 0.6) is 0 Å². The maximum atomic E-state index is 14.2. The van der Waals surface area contributed by atoms with E-state index in [1.165, 1.54) is 23.7 Å². The minimum atomic E-state index is -0.379.